The van der Waals surface area contributed by atoms with Crippen LogP contribution in [0.4, 0.5) is 5.69 Å². The van der Waals surface area contributed by atoms with E-state index < -0.39 is 6.04 Å². The predicted molar refractivity (Wildman–Crippen MR) is 170 cm³/mol. The molecule has 3 aromatic carbocycles. The molecule has 5 rings (SSSR count). The van der Waals surface area contributed by atoms with Crippen LogP contribution >= 0.6 is 11.3 Å². The average Bonchev–Trinajstić information content (AvgIpc) is 3.29. The summed E-state index contributed by atoms with van der Waals surface area (Å²) < 4.78 is 12.7. The standard InChI is InChI=1S/C34H33N3O5S/c1-7-8-24-16-22(17-27(42-6)31(24)38)18-28-33(40)37-30(23-10-12-25(41-5)13-11-23)29(21(4)35-34(37)43-28)32(39)36-26-14-9-19(2)15-20(26)3/h7,9-18,30,38H,1,8H2,2-6H3,(H,36,39)/b28-18+/t30-/m1/s1. The van der Waals surface area contributed by atoms with Crippen molar-refractivity contribution in [3.05, 3.63) is 126 Å². The van der Waals surface area contributed by atoms with Gasteiger partial charge in [0.2, 0.25) is 0 Å². The van der Waals surface area contributed by atoms with Crippen molar-refractivity contribution in [2.75, 3.05) is 19.5 Å². The minimum Gasteiger partial charge on any atom is -0.504 e. The molecule has 0 fully saturated rings. The number of thiazole rings is 1. The predicted octanol–water partition coefficient (Wildman–Crippen LogP) is 4.94. The Bertz CT molecular complexity index is 1950. The molecule has 1 atom stereocenters. The summed E-state index contributed by atoms with van der Waals surface area (Å²) in [6.45, 7) is 9.49. The number of aryl methyl sites for hydroxylation is 2. The molecule has 0 saturated carbocycles. The highest BCUT2D eigenvalue weighted by atomic mass is 32.1. The summed E-state index contributed by atoms with van der Waals surface area (Å²) in [5, 5.41) is 13.6. The van der Waals surface area contributed by atoms with Crippen molar-refractivity contribution in [1.82, 2.24) is 4.57 Å². The van der Waals surface area contributed by atoms with Crippen LogP contribution in [-0.2, 0) is 11.2 Å². The minimum atomic E-state index is -0.722. The number of ether oxygens (including phenoxy) is 2. The molecule has 0 radical (unpaired) electrons. The molecule has 1 amide bonds. The maximum absolute atomic E-state index is 14.1. The fourth-order valence-corrected chi connectivity index (χ4v) is 6.29. The van der Waals surface area contributed by atoms with Gasteiger partial charge in [0.15, 0.2) is 16.3 Å². The summed E-state index contributed by atoms with van der Waals surface area (Å²) in [6, 6.07) is 15.9. The first-order chi connectivity index (χ1) is 20.6. The lowest BCUT2D eigenvalue weighted by molar-refractivity contribution is -0.113. The van der Waals surface area contributed by atoms with E-state index in [1.54, 1.807) is 42.9 Å². The lowest BCUT2D eigenvalue weighted by Gasteiger charge is -2.25. The number of nitrogens with zero attached hydrogens (tertiary/aromatic N) is 2. The number of anilines is 1. The third kappa shape index (κ3) is 5.76. The smallest absolute Gasteiger partial charge is 0.271 e. The van der Waals surface area contributed by atoms with E-state index in [1.165, 1.54) is 18.4 Å². The molecule has 0 bridgehead atoms. The van der Waals surface area contributed by atoms with Crippen LogP contribution < -0.4 is 29.7 Å². The molecule has 1 aromatic heterocycles. The second-order valence-corrected chi connectivity index (χ2v) is 11.4. The first-order valence-corrected chi connectivity index (χ1v) is 14.5. The number of aromatic nitrogens is 1. The van der Waals surface area contributed by atoms with Gasteiger partial charge in [-0.2, -0.15) is 0 Å². The van der Waals surface area contributed by atoms with Crippen molar-refractivity contribution >= 4 is 29.0 Å². The molecule has 1 aliphatic rings. The third-order valence-corrected chi connectivity index (χ3v) is 8.37. The molecule has 1 aliphatic heterocycles. The maximum atomic E-state index is 14.1. The first-order valence-electron chi connectivity index (χ1n) is 13.7. The number of nitrogens with one attached hydrogen (secondary N) is 1. The fraction of sp³-hybridized carbons (Fsp3) is 0.206. The van der Waals surface area contributed by atoms with Crippen molar-refractivity contribution in [3.63, 3.8) is 0 Å². The zero-order valence-corrected chi connectivity index (χ0v) is 25.5. The van der Waals surface area contributed by atoms with Crippen LogP contribution in [0.5, 0.6) is 17.2 Å². The van der Waals surface area contributed by atoms with E-state index in [1.807, 2.05) is 56.3 Å². The van der Waals surface area contributed by atoms with Crippen LogP contribution in [0.2, 0.25) is 0 Å². The number of fused-ring (bicyclic) bond motifs is 1. The Hall–Kier alpha value is -4.89. The van der Waals surface area contributed by atoms with E-state index in [0.717, 1.165) is 16.7 Å². The van der Waals surface area contributed by atoms with Gasteiger partial charge in [-0.25, -0.2) is 4.99 Å². The largest absolute Gasteiger partial charge is 0.504 e. The Morgan fingerprint density at radius 2 is 1.84 bits per heavy atom. The van der Waals surface area contributed by atoms with E-state index in [0.29, 0.717) is 55.3 Å². The lowest BCUT2D eigenvalue weighted by atomic mass is 9.95. The molecule has 4 aromatic rings. The monoisotopic (exact) mass is 595 g/mol. The number of allylic oxidation sites excluding steroid dienone is 2. The SMILES string of the molecule is C=CCc1cc(/C=c2/sc3n(c2=O)[C@H](c2ccc(OC)cc2)C(C(=O)Nc2ccc(C)cc2C)=C(C)N=3)cc(OC)c1O. The number of methoxy groups -OCH3 is 2. The molecule has 0 aliphatic carbocycles. The summed E-state index contributed by atoms with van der Waals surface area (Å²) in [5.41, 5.74) is 5.39. The van der Waals surface area contributed by atoms with E-state index in [9.17, 15) is 14.7 Å². The van der Waals surface area contributed by atoms with Crippen molar-refractivity contribution in [3.8, 4) is 17.2 Å². The van der Waals surface area contributed by atoms with Gasteiger partial charge < -0.3 is 19.9 Å². The highest BCUT2D eigenvalue weighted by Gasteiger charge is 2.32. The van der Waals surface area contributed by atoms with E-state index >= 15 is 0 Å². The molecule has 220 valence electrons. The number of hydrogen-bond donors (Lipinski definition) is 2. The highest BCUT2D eigenvalue weighted by molar-refractivity contribution is 7.07. The van der Waals surface area contributed by atoms with Gasteiger partial charge in [-0.15, -0.1) is 6.58 Å². The molecule has 2 N–H and O–H groups in total. The number of rotatable bonds is 8. The van der Waals surface area contributed by atoms with Gasteiger partial charge in [0.05, 0.1) is 36.1 Å². The number of phenolic OH excluding ortho intramolecular Hbond substituents is 1. The summed E-state index contributed by atoms with van der Waals surface area (Å²) in [4.78, 5) is 33.2. The fourth-order valence-electron chi connectivity index (χ4n) is 5.25. The molecule has 8 nitrogen and oxygen atoms in total. The summed E-state index contributed by atoms with van der Waals surface area (Å²) in [5.74, 6) is 0.668. The van der Waals surface area contributed by atoms with Crippen molar-refractivity contribution in [2.24, 2.45) is 4.99 Å². The van der Waals surface area contributed by atoms with Gasteiger partial charge in [-0.05, 0) is 80.3 Å². The number of benzene rings is 3. The second kappa shape index (κ2) is 12.1. The molecule has 0 spiro atoms. The third-order valence-electron chi connectivity index (χ3n) is 7.39. The minimum absolute atomic E-state index is 0.0376. The molecular formula is C34H33N3O5S. The molecule has 0 unspecified atom stereocenters. The average molecular weight is 596 g/mol. The summed E-state index contributed by atoms with van der Waals surface area (Å²) in [7, 11) is 3.07. The maximum Gasteiger partial charge on any atom is 0.271 e. The van der Waals surface area contributed by atoms with Crippen molar-refractivity contribution in [2.45, 2.75) is 33.2 Å². The van der Waals surface area contributed by atoms with E-state index in [4.69, 9.17) is 14.5 Å². The molecule has 9 heteroatoms. The van der Waals surface area contributed by atoms with Gasteiger partial charge in [0.25, 0.3) is 11.5 Å². The van der Waals surface area contributed by atoms with Gasteiger partial charge in [0, 0.05) is 11.3 Å². The lowest BCUT2D eigenvalue weighted by Crippen LogP contribution is -2.40. The number of phenols is 1. The van der Waals surface area contributed by atoms with E-state index in [-0.39, 0.29) is 17.2 Å². The van der Waals surface area contributed by atoms with Gasteiger partial charge in [-0.3, -0.25) is 14.2 Å². The van der Waals surface area contributed by atoms with Crippen LogP contribution in [0.1, 0.15) is 40.8 Å². The second-order valence-electron chi connectivity index (χ2n) is 10.4. The normalized spacial score (nSPS) is 14.6. The van der Waals surface area contributed by atoms with Gasteiger partial charge >= 0.3 is 0 Å². The van der Waals surface area contributed by atoms with Crippen LogP contribution in [0.15, 0.2) is 88.3 Å². The van der Waals surface area contributed by atoms with Crippen molar-refractivity contribution in [1.29, 1.82) is 0 Å². The Labute approximate surface area is 253 Å². The quantitative estimate of drug-likeness (QED) is 0.281. The molecule has 0 saturated heterocycles. The zero-order valence-electron chi connectivity index (χ0n) is 24.7. The molecule has 43 heavy (non-hydrogen) atoms. The number of hydrogen-bond acceptors (Lipinski definition) is 7. The molecule has 2 heterocycles. The van der Waals surface area contributed by atoms with Crippen LogP contribution in [-0.4, -0.2) is 29.8 Å². The van der Waals surface area contributed by atoms with Crippen molar-refractivity contribution < 1.29 is 19.4 Å². The Kier molecular flexibility index (Phi) is 8.36. The highest BCUT2D eigenvalue weighted by Crippen LogP contribution is 2.33. The number of amides is 1. The summed E-state index contributed by atoms with van der Waals surface area (Å²) in [6.07, 6.45) is 3.87. The Morgan fingerprint density at radius 1 is 1.09 bits per heavy atom. The van der Waals surface area contributed by atoms with E-state index in [2.05, 4.69) is 11.9 Å². The Balaban J connectivity index is 1.67. The van der Waals surface area contributed by atoms with Crippen LogP contribution in [0.3, 0.4) is 0 Å². The zero-order chi connectivity index (χ0) is 30.8. The summed E-state index contributed by atoms with van der Waals surface area (Å²) >= 11 is 1.24. The van der Waals surface area contributed by atoms with Gasteiger partial charge in [0.1, 0.15) is 5.75 Å². The number of carbonyl (C=O) groups excluding carboxylic acids is 1. The van der Waals surface area contributed by atoms with Crippen LogP contribution in [0, 0.1) is 13.8 Å². The topological polar surface area (TPSA) is 102 Å². The first kappa shape index (κ1) is 29.6. The van der Waals surface area contributed by atoms with Gasteiger partial charge in [-0.1, -0.05) is 47.2 Å². The van der Waals surface area contributed by atoms with Crippen LogP contribution in [0.25, 0.3) is 6.08 Å². The number of carbonyl (C=O) groups is 1. The number of aromatic hydroxyl groups is 1. The molecular weight excluding hydrogens is 562 g/mol. The Morgan fingerprint density at radius 3 is 2.49 bits per heavy atom.